The second-order valence-corrected chi connectivity index (χ2v) is 7.21. The molecule has 0 aliphatic heterocycles. The third kappa shape index (κ3) is 3.28. The first kappa shape index (κ1) is 18.0. The molecule has 0 aliphatic carbocycles. The molecular formula is C24H20N6. The molecule has 1 aromatic carbocycles. The zero-order chi connectivity index (χ0) is 20.3. The quantitative estimate of drug-likeness (QED) is 0.452. The van der Waals surface area contributed by atoms with Crippen molar-refractivity contribution < 1.29 is 0 Å². The fourth-order valence-electron chi connectivity index (χ4n) is 3.79. The Kier molecular flexibility index (Phi) is 4.65. The molecular weight excluding hydrogens is 372 g/mol. The summed E-state index contributed by atoms with van der Waals surface area (Å²) >= 11 is 0. The zero-order valence-electron chi connectivity index (χ0n) is 16.4. The molecule has 4 aromatic heterocycles. The van der Waals surface area contributed by atoms with Crippen LogP contribution in [0.2, 0.25) is 0 Å². The van der Waals surface area contributed by atoms with Gasteiger partial charge >= 0.3 is 0 Å². The van der Waals surface area contributed by atoms with E-state index in [1.807, 2.05) is 36.7 Å². The Hall–Kier alpha value is -4.06. The molecule has 0 radical (unpaired) electrons. The Morgan fingerprint density at radius 3 is 1.57 bits per heavy atom. The number of benzene rings is 1. The van der Waals surface area contributed by atoms with Crippen molar-refractivity contribution in [3.8, 4) is 22.3 Å². The zero-order valence-corrected chi connectivity index (χ0v) is 16.4. The normalized spacial score (nSPS) is 11.1. The smallest absolute Gasteiger partial charge is 0.0687 e. The fourth-order valence-corrected chi connectivity index (χ4v) is 3.79. The van der Waals surface area contributed by atoms with Gasteiger partial charge in [-0.05, 0) is 47.9 Å². The van der Waals surface area contributed by atoms with Crippen molar-refractivity contribution in [2.45, 2.75) is 12.8 Å². The average molecular weight is 392 g/mol. The molecule has 0 atom stereocenters. The summed E-state index contributed by atoms with van der Waals surface area (Å²) in [4.78, 5) is 8.30. The highest BCUT2D eigenvalue weighted by Crippen LogP contribution is 2.39. The van der Waals surface area contributed by atoms with Gasteiger partial charge in [0.2, 0.25) is 0 Å². The van der Waals surface area contributed by atoms with E-state index in [1.165, 1.54) is 5.56 Å². The summed E-state index contributed by atoms with van der Waals surface area (Å²) in [5, 5.41) is 15.3. The van der Waals surface area contributed by atoms with Gasteiger partial charge in [-0.1, -0.05) is 29.8 Å². The molecule has 0 fully saturated rings. The number of aromatic nitrogens is 6. The molecule has 30 heavy (non-hydrogen) atoms. The van der Waals surface area contributed by atoms with Crippen LogP contribution in [0.1, 0.15) is 28.4 Å². The Morgan fingerprint density at radius 1 is 0.633 bits per heavy atom. The lowest BCUT2D eigenvalue weighted by Crippen LogP contribution is -2.08. The predicted molar refractivity (Wildman–Crippen MR) is 116 cm³/mol. The Labute approximate surface area is 174 Å². The van der Waals surface area contributed by atoms with Gasteiger partial charge in [0.25, 0.3) is 0 Å². The second-order valence-electron chi connectivity index (χ2n) is 7.21. The lowest BCUT2D eigenvalue weighted by atomic mass is 9.86. The van der Waals surface area contributed by atoms with Crippen molar-refractivity contribution in [3.05, 3.63) is 108 Å². The number of aryl methyl sites for hydroxylation is 1. The molecule has 6 heteroatoms. The maximum absolute atomic E-state index is 4.39. The van der Waals surface area contributed by atoms with E-state index in [2.05, 4.69) is 61.6 Å². The van der Waals surface area contributed by atoms with Crippen LogP contribution in [-0.4, -0.2) is 30.4 Å². The summed E-state index contributed by atoms with van der Waals surface area (Å²) in [6.45, 7) is 2.09. The minimum Gasteiger partial charge on any atom is -0.281 e. The van der Waals surface area contributed by atoms with Crippen molar-refractivity contribution in [2.75, 3.05) is 0 Å². The van der Waals surface area contributed by atoms with Gasteiger partial charge in [0.15, 0.2) is 0 Å². The third-order valence-electron chi connectivity index (χ3n) is 5.31. The van der Waals surface area contributed by atoms with Crippen LogP contribution >= 0.6 is 0 Å². The van der Waals surface area contributed by atoms with E-state index in [4.69, 9.17) is 0 Å². The van der Waals surface area contributed by atoms with Gasteiger partial charge in [-0.2, -0.15) is 10.2 Å². The number of hydrogen-bond donors (Lipinski definition) is 2. The lowest BCUT2D eigenvalue weighted by Gasteiger charge is -2.19. The van der Waals surface area contributed by atoms with Gasteiger partial charge in [0, 0.05) is 35.9 Å². The molecule has 5 aromatic rings. The van der Waals surface area contributed by atoms with Crippen LogP contribution in [-0.2, 0) is 0 Å². The summed E-state index contributed by atoms with van der Waals surface area (Å²) in [5.41, 5.74) is 8.59. The SMILES string of the molecule is Cc1ccc(C(c2[nH]ncc2-c2ccncc2)c2[nH]ncc2-c2ccncc2)cc1. The molecule has 4 heterocycles. The van der Waals surface area contributed by atoms with E-state index < -0.39 is 0 Å². The first-order valence-electron chi connectivity index (χ1n) is 9.75. The molecule has 0 spiro atoms. The van der Waals surface area contributed by atoms with Crippen molar-refractivity contribution in [3.63, 3.8) is 0 Å². The minimum absolute atomic E-state index is 0.0954. The molecule has 5 rings (SSSR count). The van der Waals surface area contributed by atoms with E-state index in [0.29, 0.717) is 0 Å². The lowest BCUT2D eigenvalue weighted by molar-refractivity contribution is 0.848. The standard InChI is InChI=1S/C24H20N6/c1-16-2-4-19(5-3-16)22(23-20(14-27-29-23)17-6-10-25-11-7-17)24-21(15-28-30-24)18-8-12-26-13-9-18/h2-15,22H,1H3,(H,27,29)(H,28,30). The van der Waals surface area contributed by atoms with Crippen molar-refractivity contribution in [1.29, 1.82) is 0 Å². The highest BCUT2D eigenvalue weighted by Gasteiger charge is 2.26. The summed E-state index contributed by atoms with van der Waals surface area (Å²) in [6, 6.07) is 16.6. The van der Waals surface area contributed by atoms with Crippen molar-refractivity contribution >= 4 is 0 Å². The Bertz CT molecular complexity index is 1160. The number of aromatic amines is 2. The van der Waals surface area contributed by atoms with Gasteiger partial charge in [-0.15, -0.1) is 0 Å². The molecule has 0 amide bonds. The maximum Gasteiger partial charge on any atom is 0.0687 e. The molecule has 146 valence electrons. The Balaban J connectivity index is 1.71. The highest BCUT2D eigenvalue weighted by atomic mass is 15.1. The summed E-state index contributed by atoms with van der Waals surface area (Å²) in [5.74, 6) is -0.0954. The molecule has 0 aliphatic rings. The largest absolute Gasteiger partial charge is 0.281 e. The van der Waals surface area contributed by atoms with Crippen LogP contribution in [0.25, 0.3) is 22.3 Å². The average Bonchev–Trinajstić information content (AvgIpc) is 3.47. The third-order valence-corrected chi connectivity index (χ3v) is 5.31. The first-order chi connectivity index (χ1) is 14.8. The summed E-state index contributed by atoms with van der Waals surface area (Å²) in [7, 11) is 0. The first-order valence-corrected chi connectivity index (χ1v) is 9.75. The number of nitrogens with one attached hydrogen (secondary N) is 2. The van der Waals surface area contributed by atoms with Crippen LogP contribution in [0.4, 0.5) is 0 Å². The molecule has 6 nitrogen and oxygen atoms in total. The topological polar surface area (TPSA) is 83.1 Å². The van der Waals surface area contributed by atoms with Gasteiger partial charge in [-0.25, -0.2) is 0 Å². The van der Waals surface area contributed by atoms with E-state index in [9.17, 15) is 0 Å². The van der Waals surface area contributed by atoms with Crippen LogP contribution in [0.15, 0.2) is 85.7 Å². The highest BCUT2D eigenvalue weighted by molar-refractivity contribution is 5.71. The van der Waals surface area contributed by atoms with Gasteiger partial charge < -0.3 is 0 Å². The van der Waals surface area contributed by atoms with Gasteiger partial charge in [0.05, 0.1) is 29.7 Å². The number of hydrogen-bond acceptors (Lipinski definition) is 4. The molecule has 0 unspecified atom stereocenters. The summed E-state index contributed by atoms with van der Waals surface area (Å²) < 4.78 is 0. The van der Waals surface area contributed by atoms with E-state index in [-0.39, 0.29) is 5.92 Å². The minimum atomic E-state index is -0.0954. The van der Waals surface area contributed by atoms with E-state index in [0.717, 1.165) is 39.2 Å². The second kappa shape index (κ2) is 7.75. The Morgan fingerprint density at radius 2 is 1.10 bits per heavy atom. The van der Waals surface area contributed by atoms with E-state index in [1.54, 1.807) is 24.8 Å². The molecule has 2 N–H and O–H groups in total. The van der Waals surface area contributed by atoms with Crippen LogP contribution in [0, 0.1) is 6.92 Å². The maximum atomic E-state index is 4.39. The van der Waals surface area contributed by atoms with Crippen LogP contribution in [0.3, 0.4) is 0 Å². The van der Waals surface area contributed by atoms with Gasteiger partial charge in [0.1, 0.15) is 0 Å². The monoisotopic (exact) mass is 392 g/mol. The van der Waals surface area contributed by atoms with E-state index >= 15 is 0 Å². The van der Waals surface area contributed by atoms with Crippen molar-refractivity contribution in [1.82, 2.24) is 30.4 Å². The number of nitrogens with zero attached hydrogens (tertiary/aromatic N) is 4. The number of rotatable bonds is 5. The molecule has 0 bridgehead atoms. The number of pyridine rings is 2. The molecule has 0 saturated carbocycles. The van der Waals surface area contributed by atoms with Crippen molar-refractivity contribution in [2.24, 2.45) is 0 Å². The fraction of sp³-hybridized carbons (Fsp3) is 0.0833. The summed E-state index contributed by atoms with van der Waals surface area (Å²) in [6.07, 6.45) is 10.9. The van der Waals surface area contributed by atoms with Crippen LogP contribution < -0.4 is 0 Å². The predicted octanol–water partition coefficient (Wildman–Crippen LogP) is 4.75. The molecule has 0 saturated heterocycles. The van der Waals surface area contributed by atoms with Crippen LogP contribution in [0.5, 0.6) is 0 Å². The van der Waals surface area contributed by atoms with Gasteiger partial charge in [-0.3, -0.25) is 20.2 Å². The number of H-pyrrole nitrogens is 2.